The summed E-state index contributed by atoms with van der Waals surface area (Å²) >= 11 is 6.15. The topological polar surface area (TPSA) is 42.0 Å². The first kappa shape index (κ1) is 19.9. The summed E-state index contributed by atoms with van der Waals surface area (Å²) in [6.45, 7) is 2.14. The highest BCUT2D eigenvalue weighted by Gasteiger charge is 2.26. The van der Waals surface area contributed by atoms with Crippen molar-refractivity contribution in [3.05, 3.63) is 70.4 Å². The van der Waals surface area contributed by atoms with Gasteiger partial charge in [0.15, 0.2) is 0 Å². The molecule has 150 valence electrons. The van der Waals surface area contributed by atoms with E-state index in [-0.39, 0.29) is 11.9 Å². The van der Waals surface area contributed by atoms with Gasteiger partial charge >= 0.3 is 0 Å². The molecule has 2 aliphatic rings. The number of pyridine rings is 1. The lowest BCUT2D eigenvalue weighted by Gasteiger charge is -2.29. The summed E-state index contributed by atoms with van der Waals surface area (Å²) < 4.78 is 0. The lowest BCUT2D eigenvalue weighted by Crippen LogP contribution is -2.41. The third-order valence-corrected chi connectivity index (χ3v) is 6.37. The fraction of sp³-hybridized carbons (Fsp3) is 0.360. The van der Waals surface area contributed by atoms with E-state index in [1.165, 1.54) is 0 Å². The van der Waals surface area contributed by atoms with E-state index in [0.717, 1.165) is 71.6 Å². The van der Waals surface area contributed by atoms with Crippen molar-refractivity contribution < 1.29 is 4.79 Å². The minimum atomic E-state index is 0.0173. The van der Waals surface area contributed by atoms with Crippen LogP contribution in [-0.2, 0) is 6.42 Å². The molecule has 2 aliphatic carbocycles. The quantitative estimate of drug-likeness (QED) is 0.647. The van der Waals surface area contributed by atoms with E-state index in [4.69, 9.17) is 16.6 Å². The fourth-order valence-corrected chi connectivity index (χ4v) is 4.56. The van der Waals surface area contributed by atoms with E-state index < -0.39 is 0 Å². The van der Waals surface area contributed by atoms with Crippen LogP contribution in [0.5, 0.6) is 0 Å². The fourth-order valence-electron chi connectivity index (χ4n) is 4.36. The Bertz CT molecular complexity index is 949. The molecule has 1 aromatic heterocycles. The van der Waals surface area contributed by atoms with Crippen LogP contribution in [0.15, 0.2) is 53.6 Å². The number of allylic oxidation sites excluding steroid dienone is 3. The molecular weight excluding hydrogens is 380 g/mol. The molecule has 0 aliphatic heterocycles. The SMILES string of the molecule is CCC(NC(=O)c1cc(-c2ccccc2)nc2c1CCC=C2)C1CC=C(Cl)CC1. The molecule has 1 amide bonds. The Morgan fingerprint density at radius 1 is 1.28 bits per heavy atom. The standard InChI is InChI=1S/C25H27ClN2O/c1-2-22(18-12-14-19(26)15-13-18)28-25(29)21-16-24(17-8-4-3-5-9-17)27-23-11-7-6-10-20(21)23/h3-5,7-9,11,14,16,18,22H,2,6,10,12-13,15H2,1H3,(H,28,29). The number of hydrogen-bond donors (Lipinski definition) is 1. The Kier molecular flexibility index (Phi) is 6.15. The highest BCUT2D eigenvalue weighted by Crippen LogP contribution is 2.30. The molecule has 4 heteroatoms. The number of rotatable bonds is 5. The third kappa shape index (κ3) is 4.45. The van der Waals surface area contributed by atoms with E-state index in [1.54, 1.807) is 0 Å². The zero-order chi connectivity index (χ0) is 20.2. The number of benzene rings is 1. The van der Waals surface area contributed by atoms with Gasteiger partial charge in [-0.25, -0.2) is 4.98 Å². The van der Waals surface area contributed by atoms with Crippen molar-refractivity contribution in [3.63, 3.8) is 0 Å². The number of carbonyl (C=O) groups is 1. The Balaban J connectivity index is 1.64. The van der Waals surface area contributed by atoms with Gasteiger partial charge in [-0.1, -0.05) is 61.0 Å². The Hall–Kier alpha value is -2.39. The minimum absolute atomic E-state index is 0.0173. The molecule has 0 bridgehead atoms. The van der Waals surface area contributed by atoms with Crippen LogP contribution in [0.3, 0.4) is 0 Å². The van der Waals surface area contributed by atoms with E-state index in [2.05, 4.69) is 24.4 Å². The molecule has 1 aromatic carbocycles. The first-order valence-corrected chi connectivity index (χ1v) is 10.9. The zero-order valence-corrected chi connectivity index (χ0v) is 17.6. The van der Waals surface area contributed by atoms with Gasteiger partial charge in [-0.2, -0.15) is 0 Å². The molecule has 0 saturated carbocycles. The number of hydrogen-bond acceptors (Lipinski definition) is 2. The van der Waals surface area contributed by atoms with Crippen LogP contribution >= 0.6 is 11.6 Å². The Morgan fingerprint density at radius 2 is 2.10 bits per heavy atom. The average Bonchev–Trinajstić information content (AvgIpc) is 2.78. The van der Waals surface area contributed by atoms with Crippen molar-refractivity contribution in [2.45, 2.75) is 51.5 Å². The lowest BCUT2D eigenvalue weighted by atomic mass is 9.86. The minimum Gasteiger partial charge on any atom is -0.349 e. The number of nitrogens with zero attached hydrogens (tertiary/aromatic N) is 1. The highest BCUT2D eigenvalue weighted by molar-refractivity contribution is 6.29. The van der Waals surface area contributed by atoms with Gasteiger partial charge in [-0.3, -0.25) is 4.79 Å². The summed E-state index contributed by atoms with van der Waals surface area (Å²) in [5, 5.41) is 4.28. The van der Waals surface area contributed by atoms with Crippen LogP contribution in [0.1, 0.15) is 60.6 Å². The lowest BCUT2D eigenvalue weighted by molar-refractivity contribution is 0.0916. The molecule has 1 N–H and O–H groups in total. The molecule has 0 fully saturated rings. The van der Waals surface area contributed by atoms with Gasteiger partial charge in [-0.05, 0) is 62.1 Å². The molecule has 2 atom stereocenters. The van der Waals surface area contributed by atoms with Gasteiger partial charge < -0.3 is 5.32 Å². The van der Waals surface area contributed by atoms with Crippen LogP contribution in [0.4, 0.5) is 0 Å². The summed E-state index contributed by atoms with van der Waals surface area (Å²) in [6, 6.07) is 12.2. The molecular formula is C25H27ClN2O. The normalized spacial score (nSPS) is 19.2. The van der Waals surface area contributed by atoms with Crippen molar-refractivity contribution >= 4 is 23.6 Å². The van der Waals surface area contributed by atoms with Crippen molar-refractivity contribution in [3.8, 4) is 11.3 Å². The van der Waals surface area contributed by atoms with Gasteiger partial charge in [0, 0.05) is 22.2 Å². The van der Waals surface area contributed by atoms with Crippen molar-refractivity contribution in [1.29, 1.82) is 0 Å². The summed E-state index contributed by atoms with van der Waals surface area (Å²) in [4.78, 5) is 18.2. The number of fused-ring (bicyclic) bond motifs is 1. The van der Waals surface area contributed by atoms with E-state index in [9.17, 15) is 4.79 Å². The maximum absolute atomic E-state index is 13.4. The van der Waals surface area contributed by atoms with Gasteiger partial charge in [-0.15, -0.1) is 0 Å². The molecule has 2 unspecified atom stereocenters. The van der Waals surface area contributed by atoms with Crippen LogP contribution in [0, 0.1) is 5.92 Å². The van der Waals surface area contributed by atoms with Gasteiger partial charge in [0.25, 0.3) is 5.91 Å². The first-order chi connectivity index (χ1) is 14.2. The molecule has 29 heavy (non-hydrogen) atoms. The maximum Gasteiger partial charge on any atom is 0.251 e. The number of nitrogens with one attached hydrogen (secondary N) is 1. The predicted octanol–water partition coefficient (Wildman–Crippen LogP) is 6.14. The van der Waals surface area contributed by atoms with Gasteiger partial charge in [0.05, 0.1) is 11.4 Å². The number of halogens is 1. The summed E-state index contributed by atoms with van der Waals surface area (Å²) in [6.07, 6.45) is 11.9. The van der Waals surface area contributed by atoms with E-state index in [0.29, 0.717) is 5.92 Å². The second-order valence-corrected chi connectivity index (χ2v) is 8.39. The van der Waals surface area contributed by atoms with Crippen LogP contribution in [0.2, 0.25) is 0 Å². The van der Waals surface area contributed by atoms with Crippen LogP contribution in [0.25, 0.3) is 17.3 Å². The number of carbonyl (C=O) groups excluding carboxylic acids is 1. The number of amides is 1. The summed E-state index contributed by atoms with van der Waals surface area (Å²) in [5.41, 5.74) is 4.62. The van der Waals surface area contributed by atoms with Gasteiger partial charge in [0.1, 0.15) is 0 Å². The Labute approximate surface area is 177 Å². The van der Waals surface area contributed by atoms with Crippen molar-refractivity contribution in [2.75, 3.05) is 0 Å². The highest BCUT2D eigenvalue weighted by atomic mass is 35.5. The van der Waals surface area contributed by atoms with Crippen LogP contribution in [-0.4, -0.2) is 16.9 Å². The summed E-state index contributed by atoms with van der Waals surface area (Å²) in [7, 11) is 0. The predicted molar refractivity (Wildman–Crippen MR) is 120 cm³/mol. The smallest absolute Gasteiger partial charge is 0.251 e. The molecule has 0 radical (unpaired) electrons. The monoisotopic (exact) mass is 406 g/mol. The summed E-state index contributed by atoms with van der Waals surface area (Å²) in [5.74, 6) is 0.459. The third-order valence-electron chi connectivity index (χ3n) is 6.03. The molecule has 0 saturated heterocycles. The number of aromatic nitrogens is 1. The maximum atomic E-state index is 13.4. The first-order valence-electron chi connectivity index (χ1n) is 10.6. The van der Waals surface area contributed by atoms with E-state index in [1.807, 2.05) is 42.5 Å². The van der Waals surface area contributed by atoms with E-state index >= 15 is 0 Å². The molecule has 2 aromatic rings. The second-order valence-electron chi connectivity index (χ2n) is 7.90. The van der Waals surface area contributed by atoms with Gasteiger partial charge in [0.2, 0.25) is 0 Å². The Morgan fingerprint density at radius 3 is 2.83 bits per heavy atom. The van der Waals surface area contributed by atoms with Crippen molar-refractivity contribution in [1.82, 2.24) is 10.3 Å². The molecule has 0 spiro atoms. The average molecular weight is 407 g/mol. The van der Waals surface area contributed by atoms with Crippen LogP contribution < -0.4 is 5.32 Å². The molecule has 3 nitrogen and oxygen atoms in total. The largest absolute Gasteiger partial charge is 0.349 e. The van der Waals surface area contributed by atoms with Crippen molar-refractivity contribution in [2.24, 2.45) is 5.92 Å². The zero-order valence-electron chi connectivity index (χ0n) is 16.8. The molecule has 1 heterocycles. The second kappa shape index (κ2) is 8.96. The molecule has 4 rings (SSSR count).